The van der Waals surface area contributed by atoms with Gasteiger partial charge in [0.05, 0.1) is 37.3 Å². The van der Waals surface area contributed by atoms with Gasteiger partial charge in [0.2, 0.25) is 0 Å². The molecule has 0 radical (unpaired) electrons. The van der Waals surface area contributed by atoms with Crippen LogP contribution in [-0.2, 0) is 31.0 Å². The number of aromatic nitrogens is 4. The second kappa shape index (κ2) is 10.4. The van der Waals surface area contributed by atoms with Crippen molar-refractivity contribution in [1.82, 2.24) is 19.7 Å². The van der Waals surface area contributed by atoms with Gasteiger partial charge >= 0.3 is 0 Å². The van der Waals surface area contributed by atoms with Gasteiger partial charge in [-0.05, 0) is 24.5 Å². The predicted octanol–water partition coefficient (Wildman–Crippen LogP) is 2.67. The van der Waals surface area contributed by atoms with Gasteiger partial charge in [-0.1, -0.05) is 18.2 Å². The lowest BCUT2D eigenvalue weighted by atomic mass is 9.91. The van der Waals surface area contributed by atoms with Crippen LogP contribution in [0.25, 0.3) is 11.3 Å². The zero-order valence-corrected chi connectivity index (χ0v) is 19.3. The quantitative estimate of drug-likeness (QED) is 0.307. The van der Waals surface area contributed by atoms with Crippen LogP contribution in [0.4, 0.5) is 5.95 Å². The van der Waals surface area contributed by atoms with Crippen LogP contribution in [0.1, 0.15) is 28.9 Å². The van der Waals surface area contributed by atoms with E-state index in [1.165, 1.54) is 0 Å². The largest absolute Gasteiger partial charge is 0.496 e. The number of methoxy groups -OCH3 is 2. The van der Waals surface area contributed by atoms with Crippen LogP contribution in [0.5, 0.6) is 5.75 Å². The standard InChI is InChI=1S/C24H29N7O2/c1-31-19(14-16-6-4-5-7-20(16)33-3)22-18(30-31)9-8-17-15-27-24(29-23(17)22)28-21(25)10-11-26-12-13-32-2/h4-7,11,15H,8-10,12-14H2,1-3H3,(H2,25,27,28,29). The molecule has 2 N–H and O–H groups in total. The normalized spacial score (nSPS) is 13.2. The third-order valence-corrected chi connectivity index (χ3v) is 5.61. The van der Waals surface area contributed by atoms with E-state index in [4.69, 9.17) is 25.3 Å². The van der Waals surface area contributed by atoms with E-state index in [1.807, 2.05) is 36.1 Å². The number of benzene rings is 1. The molecule has 2 heterocycles. The molecule has 0 saturated carbocycles. The first-order valence-electron chi connectivity index (χ1n) is 10.9. The molecule has 0 saturated heterocycles. The van der Waals surface area contributed by atoms with Crippen molar-refractivity contribution in [2.45, 2.75) is 25.7 Å². The van der Waals surface area contributed by atoms with Crippen molar-refractivity contribution in [3.05, 3.63) is 53.0 Å². The summed E-state index contributed by atoms with van der Waals surface area (Å²) in [4.78, 5) is 17.8. The molecule has 33 heavy (non-hydrogen) atoms. The van der Waals surface area contributed by atoms with Crippen molar-refractivity contribution in [3.8, 4) is 17.0 Å². The fraction of sp³-hybridized carbons (Fsp3) is 0.375. The van der Waals surface area contributed by atoms with Crippen molar-refractivity contribution in [3.63, 3.8) is 0 Å². The number of ether oxygens (including phenoxy) is 2. The Morgan fingerprint density at radius 2 is 2.09 bits per heavy atom. The topological polar surface area (TPSA) is 113 Å². The zero-order valence-electron chi connectivity index (χ0n) is 19.3. The number of para-hydroxylation sites is 1. The summed E-state index contributed by atoms with van der Waals surface area (Å²) in [5.74, 6) is 1.61. The SMILES string of the molecule is COCCN=CCC(N)=Nc1ncc2c(n1)-c1c(nn(C)c1Cc1ccccc1OC)CC2. The molecule has 1 aliphatic rings. The second-order valence-corrected chi connectivity index (χ2v) is 7.81. The predicted molar refractivity (Wildman–Crippen MR) is 129 cm³/mol. The lowest BCUT2D eigenvalue weighted by Crippen LogP contribution is -2.13. The summed E-state index contributed by atoms with van der Waals surface area (Å²) in [7, 11) is 5.31. The first-order chi connectivity index (χ1) is 16.1. The molecule has 0 unspecified atom stereocenters. The maximum absolute atomic E-state index is 6.08. The van der Waals surface area contributed by atoms with Crippen molar-refractivity contribution >= 4 is 18.0 Å². The smallest absolute Gasteiger partial charge is 0.251 e. The number of rotatable bonds is 9. The highest BCUT2D eigenvalue weighted by atomic mass is 16.5. The second-order valence-electron chi connectivity index (χ2n) is 7.81. The molecule has 172 valence electrons. The van der Waals surface area contributed by atoms with Gasteiger partial charge in [-0.3, -0.25) is 9.67 Å². The number of hydrogen-bond acceptors (Lipinski definition) is 7. The maximum Gasteiger partial charge on any atom is 0.251 e. The van der Waals surface area contributed by atoms with E-state index in [0.717, 1.165) is 52.4 Å². The number of aliphatic imine (C=N–C) groups is 2. The van der Waals surface area contributed by atoms with Gasteiger partial charge in [0.25, 0.3) is 5.95 Å². The zero-order chi connectivity index (χ0) is 23.2. The minimum absolute atomic E-state index is 0.344. The molecule has 1 aromatic carbocycles. The third kappa shape index (κ3) is 5.09. The fourth-order valence-electron chi connectivity index (χ4n) is 3.97. The lowest BCUT2D eigenvalue weighted by molar-refractivity contribution is 0.208. The van der Waals surface area contributed by atoms with Gasteiger partial charge in [-0.15, -0.1) is 0 Å². The number of aryl methyl sites for hydroxylation is 3. The number of fused-ring (bicyclic) bond motifs is 3. The molecule has 0 bridgehead atoms. The minimum Gasteiger partial charge on any atom is -0.496 e. The van der Waals surface area contributed by atoms with Crippen LogP contribution >= 0.6 is 0 Å². The molecular weight excluding hydrogens is 418 g/mol. The summed E-state index contributed by atoms with van der Waals surface area (Å²) in [5.41, 5.74) is 12.3. The molecule has 0 atom stereocenters. The molecular formula is C24H29N7O2. The highest BCUT2D eigenvalue weighted by Gasteiger charge is 2.26. The van der Waals surface area contributed by atoms with E-state index in [0.29, 0.717) is 37.8 Å². The summed E-state index contributed by atoms with van der Waals surface area (Å²) in [6.07, 6.45) is 6.41. The molecule has 3 aromatic rings. The van der Waals surface area contributed by atoms with Crippen LogP contribution in [0.3, 0.4) is 0 Å². The highest BCUT2D eigenvalue weighted by molar-refractivity contribution is 5.93. The summed E-state index contributed by atoms with van der Waals surface area (Å²) in [5, 5.41) is 4.78. The first kappa shape index (κ1) is 22.6. The molecule has 0 aliphatic heterocycles. The average Bonchev–Trinajstić information content (AvgIpc) is 3.14. The van der Waals surface area contributed by atoms with Crippen LogP contribution in [0, 0.1) is 0 Å². The Labute approximate surface area is 193 Å². The number of nitrogens with zero attached hydrogens (tertiary/aromatic N) is 6. The van der Waals surface area contributed by atoms with Crippen LogP contribution in [0.15, 0.2) is 40.4 Å². The number of hydrogen-bond donors (Lipinski definition) is 1. The Kier molecular flexibility index (Phi) is 7.09. The Bertz CT molecular complexity index is 1180. The molecule has 0 amide bonds. The summed E-state index contributed by atoms with van der Waals surface area (Å²) < 4.78 is 12.5. The van der Waals surface area contributed by atoms with E-state index in [1.54, 1.807) is 20.4 Å². The van der Waals surface area contributed by atoms with Crippen LogP contribution in [-0.4, -0.2) is 59.2 Å². The molecule has 0 fully saturated rings. The highest BCUT2D eigenvalue weighted by Crippen LogP contribution is 2.36. The molecule has 4 rings (SSSR count). The Morgan fingerprint density at radius 1 is 1.24 bits per heavy atom. The molecule has 1 aliphatic carbocycles. The van der Waals surface area contributed by atoms with Gasteiger partial charge in [-0.2, -0.15) is 10.1 Å². The van der Waals surface area contributed by atoms with Gasteiger partial charge in [0.1, 0.15) is 11.6 Å². The van der Waals surface area contributed by atoms with E-state index >= 15 is 0 Å². The van der Waals surface area contributed by atoms with Gasteiger partial charge in [0.15, 0.2) is 0 Å². The molecule has 2 aromatic heterocycles. The summed E-state index contributed by atoms with van der Waals surface area (Å²) in [6.45, 7) is 1.17. The van der Waals surface area contributed by atoms with Gasteiger partial charge in [-0.25, -0.2) is 9.97 Å². The summed E-state index contributed by atoms with van der Waals surface area (Å²) in [6, 6.07) is 8.04. The Morgan fingerprint density at radius 3 is 2.91 bits per heavy atom. The summed E-state index contributed by atoms with van der Waals surface area (Å²) >= 11 is 0. The van der Waals surface area contributed by atoms with Crippen molar-refractivity contribution in [1.29, 1.82) is 0 Å². The third-order valence-electron chi connectivity index (χ3n) is 5.61. The number of nitrogens with two attached hydrogens (primary N) is 1. The molecule has 0 spiro atoms. The van der Waals surface area contributed by atoms with E-state index in [-0.39, 0.29) is 0 Å². The van der Waals surface area contributed by atoms with Gasteiger partial charge in [0, 0.05) is 50.5 Å². The van der Waals surface area contributed by atoms with E-state index < -0.39 is 0 Å². The fourth-order valence-corrected chi connectivity index (χ4v) is 3.97. The van der Waals surface area contributed by atoms with E-state index in [9.17, 15) is 0 Å². The Hall–Kier alpha value is -3.59. The maximum atomic E-state index is 6.08. The molecule has 9 nitrogen and oxygen atoms in total. The molecule has 9 heteroatoms. The lowest BCUT2D eigenvalue weighted by Gasteiger charge is -2.16. The monoisotopic (exact) mass is 447 g/mol. The minimum atomic E-state index is 0.344. The van der Waals surface area contributed by atoms with Crippen molar-refractivity contribution < 1.29 is 9.47 Å². The van der Waals surface area contributed by atoms with Crippen LogP contribution in [0.2, 0.25) is 0 Å². The van der Waals surface area contributed by atoms with Crippen LogP contribution < -0.4 is 10.5 Å². The van der Waals surface area contributed by atoms with Gasteiger partial charge < -0.3 is 15.2 Å². The van der Waals surface area contributed by atoms with E-state index in [2.05, 4.69) is 21.0 Å². The van der Waals surface area contributed by atoms with Crippen molar-refractivity contribution in [2.24, 2.45) is 22.8 Å². The first-order valence-corrected chi connectivity index (χ1v) is 10.9. The van der Waals surface area contributed by atoms with Crippen molar-refractivity contribution in [2.75, 3.05) is 27.4 Å². The Balaban J connectivity index is 1.64. The average molecular weight is 448 g/mol. The number of amidine groups is 1.